The minimum atomic E-state index is -0.100. The maximum absolute atomic E-state index is 12.5. The van der Waals surface area contributed by atoms with Crippen LogP contribution in [0.15, 0.2) is 17.5 Å². The minimum Gasteiger partial charge on any atom is -0.349 e. The monoisotopic (exact) mass is 347 g/mol. The third-order valence-corrected chi connectivity index (χ3v) is 5.53. The molecule has 2 aromatic rings. The molecule has 0 saturated heterocycles. The molecule has 0 aromatic carbocycles. The Labute approximate surface area is 146 Å². The summed E-state index contributed by atoms with van der Waals surface area (Å²) in [5.74, 6) is -0.100. The molecule has 2 aromatic heterocycles. The Balaban J connectivity index is 1.67. The number of carbonyl (C=O) groups is 1. The summed E-state index contributed by atoms with van der Waals surface area (Å²) in [4.78, 5) is 15.9. The molecule has 0 fully saturated rings. The molecular formula is C17H25N5OS. The molecule has 24 heavy (non-hydrogen) atoms. The average molecular weight is 347 g/mol. The third kappa shape index (κ3) is 3.68. The Kier molecular flexibility index (Phi) is 5.33. The van der Waals surface area contributed by atoms with Crippen molar-refractivity contribution < 1.29 is 4.79 Å². The van der Waals surface area contributed by atoms with E-state index in [0.717, 1.165) is 31.7 Å². The number of aromatic nitrogens is 2. The minimum absolute atomic E-state index is 0.100. The van der Waals surface area contributed by atoms with Gasteiger partial charge in [-0.05, 0) is 57.1 Å². The number of thiophene rings is 1. The van der Waals surface area contributed by atoms with Crippen LogP contribution in [-0.2, 0) is 13.1 Å². The number of fused-ring (bicyclic) bond motifs is 1. The quantitative estimate of drug-likeness (QED) is 0.865. The van der Waals surface area contributed by atoms with Crippen LogP contribution in [0, 0.1) is 6.92 Å². The van der Waals surface area contributed by atoms with Gasteiger partial charge in [0.05, 0.1) is 11.7 Å². The molecule has 0 bridgehead atoms. The van der Waals surface area contributed by atoms with E-state index in [9.17, 15) is 4.79 Å². The van der Waals surface area contributed by atoms with Gasteiger partial charge in [0.15, 0.2) is 0 Å². The summed E-state index contributed by atoms with van der Waals surface area (Å²) in [5, 5.41) is 13.0. The molecule has 3 rings (SSSR count). The van der Waals surface area contributed by atoms with Crippen molar-refractivity contribution in [3.63, 3.8) is 0 Å². The van der Waals surface area contributed by atoms with E-state index in [2.05, 4.69) is 39.0 Å². The molecule has 1 unspecified atom stereocenters. The van der Waals surface area contributed by atoms with E-state index in [1.54, 1.807) is 11.3 Å². The second-order valence-electron chi connectivity index (χ2n) is 6.43. The smallest absolute Gasteiger partial charge is 0.271 e. The summed E-state index contributed by atoms with van der Waals surface area (Å²) < 4.78 is 1.95. The second-order valence-corrected chi connectivity index (χ2v) is 7.38. The number of amides is 1. The van der Waals surface area contributed by atoms with Crippen molar-refractivity contribution in [2.24, 2.45) is 0 Å². The highest BCUT2D eigenvalue weighted by molar-refractivity contribution is 7.10. The predicted molar refractivity (Wildman–Crippen MR) is 96.4 cm³/mol. The van der Waals surface area contributed by atoms with Gasteiger partial charge < -0.3 is 15.5 Å². The van der Waals surface area contributed by atoms with Gasteiger partial charge in [-0.2, -0.15) is 5.10 Å². The Morgan fingerprint density at radius 2 is 2.38 bits per heavy atom. The maximum atomic E-state index is 12.5. The fourth-order valence-corrected chi connectivity index (χ4v) is 4.11. The number of nitrogens with one attached hydrogen (secondary N) is 2. The number of rotatable bonds is 5. The van der Waals surface area contributed by atoms with Gasteiger partial charge in [-0.3, -0.25) is 9.48 Å². The molecule has 0 radical (unpaired) electrons. The van der Waals surface area contributed by atoms with Crippen molar-refractivity contribution in [3.8, 4) is 0 Å². The summed E-state index contributed by atoms with van der Waals surface area (Å²) in [5.41, 5.74) is 2.86. The van der Waals surface area contributed by atoms with Crippen LogP contribution < -0.4 is 10.6 Å². The van der Waals surface area contributed by atoms with Gasteiger partial charge in [-0.1, -0.05) is 0 Å². The maximum Gasteiger partial charge on any atom is 0.271 e. The van der Waals surface area contributed by atoms with Crippen molar-refractivity contribution in [2.75, 3.05) is 27.2 Å². The highest BCUT2D eigenvalue weighted by Gasteiger charge is 2.21. The van der Waals surface area contributed by atoms with Gasteiger partial charge in [0.2, 0.25) is 0 Å². The van der Waals surface area contributed by atoms with Crippen LogP contribution in [0.2, 0.25) is 0 Å². The molecule has 1 atom stereocenters. The molecule has 1 aliphatic rings. The van der Waals surface area contributed by atoms with Crippen LogP contribution in [0.4, 0.5) is 0 Å². The summed E-state index contributed by atoms with van der Waals surface area (Å²) in [6.45, 7) is 5.33. The number of hydrogen-bond acceptors (Lipinski definition) is 5. The molecule has 7 heteroatoms. The number of nitrogens with zero attached hydrogens (tertiary/aromatic N) is 3. The van der Waals surface area contributed by atoms with Crippen LogP contribution in [0.5, 0.6) is 0 Å². The van der Waals surface area contributed by atoms with E-state index >= 15 is 0 Å². The van der Waals surface area contributed by atoms with Crippen LogP contribution in [0.1, 0.15) is 39.1 Å². The van der Waals surface area contributed by atoms with Crippen molar-refractivity contribution in [1.82, 2.24) is 25.3 Å². The molecule has 6 nitrogen and oxygen atoms in total. The zero-order valence-corrected chi connectivity index (χ0v) is 15.3. The summed E-state index contributed by atoms with van der Waals surface area (Å²) >= 11 is 1.74. The van der Waals surface area contributed by atoms with E-state index < -0.39 is 0 Å². The Morgan fingerprint density at radius 1 is 1.54 bits per heavy atom. The second kappa shape index (κ2) is 7.46. The van der Waals surface area contributed by atoms with E-state index in [1.165, 1.54) is 10.4 Å². The largest absolute Gasteiger partial charge is 0.349 e. The van der Waals surface area contributed by atoms with E-state index in [0.29, 0.717) is 12.2 Å². The van der Waals surface area contributed by atoms with Crippen LogP contribution in [-0.4, -0.2) is 47.8 Å². The fraction of sp³-hybridized carbons (Fsp3) is 0.529. The molecule has 0 spiro atoms. The van der Waals surface area contributed by atoms with Gasteiger partial charge in [-0.15, -0.1) is 11.3 Å². The van der Waals surface area contributed by atoms with Gasteiger partial charge in [0.25, 0.3) is 5.91 Å². The standard InChI is InChI=1S/C17H25N5OS/c1-12-5-8-24-16(12)15(21(2)3)11-19-17(23)14-9-13-10-18-6-4-7-22(13)20-14/h5,8-9,15,18H,4,6-7,10-11H2,1-3H3,(H,19,23). The van der Waals surface area contributed by atoms with E-state index in [4.69, 9.17) is 0 Å². The predicted octanol–water partition coefficient (Wildman–Crippen LogP) is 1.78. The molecule has 0 aliphatic carbocycles. The van der Waals surface area contributed by atoms with Crippen LogP contribution in [0.3, 0.4) is 0 Å². The first-order chi connectivity index (χ1) is 11.6. The lowest BCUT2D eigenvalue weighted by Gasteiger charge is -2.24. The van der Waals surface area contributed by atoms with Gasteiger partial charge in [-0.25, -0.2) is 0 Å². The highest BCUT2D eigenvalue weighted by atomic mass is 32.1. The third-order valence-electron chi connectivity index (χ3n) is 4.41. The molecule has 130 valence electrons. The van der Waals surface area contributed by atoms with Crippen molar-refractivity contribution in [1.29, 1.82) is 0 Å². The molecule has 3 heterocycles. The summed E-state index contributed by atoms with van der Waals surface area (Å²) in [6.07, 6.45) is 1.04. The summed E-state index contributed by atoms with van der Waals surface area (Å²) in [7, 11) is 4.08. The fourth-order valence-electron chi connectivity index (χ4n) is 2.99. The first-order valence-corrected chi connectivity index (χ1v) is 9.20. The Bertz CT molecular complexity index is 682. The molecular weight excluding hydrogens is 322 g/mol. The van der Waals surface area contributed by atoms with Gasteiger partial charge in [0, 0.05) is 24.5 Å². The highest BCUT2D eigenvalue weighted by Crippen LogP contribution is 2.26. The molecule has 0 saturated carbocycles. The van der Waals surface area contributed by atoms with Gasteiger partial charge in [0.1, 0.15) is 5.69 Å². The van der Waals surface area contributed by atoms with Crippen molar-refractivity contribution >= 4 is 17.2 Å². The number of hydrogen-bond donors (Lipinski definition) is 2. The molecule has 2 N–H and O–H groups in total. The Hall–Kier alpha value is -1.70. The normalized spacial score (nSPS) is 15.8. The first kappa shape index (κ1) is 17.1. The molecule has 1 aliphatic heterocycles. The van der Waals surface area contributed by atoms with Crippen molar-refractivity contribution in [2.45, 2.75) is 32.5 Å². The van der Waals surface area contributed by atoms with Crippen LogP contribution in [0.25, 0.3) is 0 Å². The van der Waals surface area contributed by atoms with E-state index in [-0.39, 0.29) is 11.9 Å². The lowest BCUT2D eigenvalue weighted by Crippen LogP contribution is -2.34. The van der Waals surface area contributed by atoms with Crippen LogP contribution >= 0.6 is 11.3 Å². The van der Waals surface area contributed by atoms with E-state index in [1.807, 2.05) is 24.8 Å². The zero-order valence-electron chi connectivity index (χ0n) is 14.5. The zero-order chi connectivity index (χ0) is 17.1. The Morgan fingerprint density at radius 3 is 3.08 bits per heavy atom. The SMILES string of the molecule is Cc1ccsc1C(CNC(=O)c1cc2n(n1)CCCNC2)N(C)C. The topological polar surface area (TPSA) is 62.2 Å². The first-order valence-electron chi connectivity index (χ1n) is 8.32. The summed E-state index contributed by atoms with van der Waals surface area (Å²) in [6, 6.07) is 4.20. The number of carbonyl (C=O) groups excluding carboxylic acids is 1. The number of likely N-dealkylation sites (N-methyl/N-ethyl adjacent to an activating group) is 1. The van der Waals surface area contributed by atoms with Gasteiger partial charge >= 0.3 is 0 Å². The molecule has 1 amide bonds. The average Bonchev–Trinajstić information content (AvgIpc) is 3.08. The lowest BCUT2D eigenvalue weighted by molar-refractivity contribution is 0.0936. The number of aryl methyl sites for hydroxylation is 2. The van der Waals surface area contributed by atoms with Crippen molar-refractivity contribution in [3.05, 3.63) is 39.3 Å². The lowest BCUT2D eigenvalue weighted by atomic mass is 10.1.